The first-order valence-electron chi connectivity index (χ1n) is 5.88. The van der Waals surface area contributed by atoms with Crippen LogP contribution >= 0.6 is 58.4 Å². The molecule has 108 valence electrons. The van der Waals surface area contributed by atoms with Crippen LogP contribution in [-0.2, 0) is 0 Å². The fourth-order valence-electron chi connectivity index (χ4n) is 1.95. The quantitative estimate of drug-likeness (QED) is 0.485. The maximum Gasteiger partial charge on any atom is 0.0728 e. The Morgan fingerprint density at radius 3 is 2.33 bits per heavy atom. The van der Waals surface area contributed by atoms with Gasteiger partial charge < -0.3 is 9.71 Å². The first kappa shape index (κ1) is 15.2. The molecule has 0 unspecified atom stereocenters. The lowest BCUT2D eigenvalue weighted by molar-refractivity contribution is 1.46. The van der Waals surface area contributed by atoms with Crippen LogP contribution in [0.1, 0.15) is 0 Å². The van der Waals surface area contributed by atoms with Gasteiger partial charge in [0, 0.05) is 26.5 Å². The van der Waals surface area contributed by atoms with Gasteiger partial charge in [-0.3, -0.25) is 0 Å². The Morgan fingerprint density at radius 2 is 1.62 bits per heavy atom. The largest absolute Gasteiger partial charge is 0.358 e. The fourth-order valence-corrected chi connectivity index (χ4v) is 3.94. The number of fused-ring (bicyclic) bond motifs is 1. The van der Waals surface area contributed by atoms with E-state index in [0.717, 1.165) is 21.5 Å². The SMILES string of the molecule is Clc1cc(Cl)cc(SNc2ccc(Cl)c3c(Cl)c[nH]c23)c1. The van der Waals surface area contributed by atoms with E-state index < -0.39 is 0 Å². The van der Waals surface area contributed by atoms with Crippen LogP contribution in [0, 0.1) is 0 Å². The molecule has 0 fully saturated rings. The lowest BCUT2D eigenvalue weighted by atomic mass is 10.2. The molecule has 2 N–H and O–H groups in total. The average molecular weight is 378 g/mol. The maximum atomic E-state index is 6.16. The highest BCUT2D eigenvalue weighted by Gasteiger charge is 2.10. The minimum Gasteiger partial charge on any atom is -0.358 e. The Hall–Kier alpha value is -0.710. The van der Waals surface area contributed by atoms with Crippen molar-refractivity contribution in [3.05, 3.63) is 56.6 Å². The van der Waals surface area contributed by atoms with Crippen molar-refractivity contribution in [3.8, 4) is 0 Å². The minimum atomic E-state index is 0.592. The molecular formula is C14H8Cl4N2S. The van der Waals surface area contributed by atoms with Gasteiger partial charge in [-0.25, -0.2) is 0 Å². The van der Waals surface area contributed by atoms with Gasteiger partial charge in [-0.15, -0.1) is 0 Å². The zero-order valence-corrected chi connectivity index (χ0v) is 14.2. The normalized spacial score (nSPS) is 11.0. The molecule has 21 heavy (non-hydrogen) atoms. The van der Waals surface area contributed by atoms with Crippen molar-refractivity contribution in [2.24, 2.45) is 0 Å². The van der Waals surface area contributed by atoms with Crippen LogP contribution in [0.5, 0.6) is 0 Å². The van der Waals surface area contributed by atoms with Crippen LogP contribution < -0.4 is 4.72 Å². The molecule has 7 heteroatoms. The number of aromatic amines is 1. The van der Waals surface area contributed by atoms with Crippen molar-refractivity contribution in [1.29, 1.82) is 0 Å². The summed E-state index contributed by atoms with van der Waals surface area (Å²) >= 11 is 25.7. The van der Waals surface area contributed by atoms with E-state index in [4.69, 9.17) is 46.4 Å². The Kier molecular flexibility index (Phi) is 4.48. The molecule has 0 atom stereocenters. The molecule has 0 radical (unpaired) electrons. The number of anilines is 1. The molecule has 2 aromatic carbocycles. The Labute approximate surface area is 145 Å². The summed E-state index contributed by atoms with van der Waals surface area (Å²) in [6, 6.07) is 9.05. The summed E-state index contributed by atoms with van der Waals surface area (Å²) in [6.45, 7) is 0. The van der Waals surface area contributed by atoms with Gasteiger partial charge in [-0.2, -0.15) is 0 Å². The molecule has 0 bridgehead atoms. The van der Waals surface area contributed by atoms with E-state index in [2.05, 4.69) is 9.71 Å². The van der Waals surface area contributed by atoms with E-state index in [1.54, 1.807) is 18.3 Å². The predicted molar refractivity (Wildman–Crippen MR) is 94.3 cm³/mol. The number of aromatic nitrogens is 1. The van der Waals surface area contributed by atoms with Crippen molar-refractivity contribution in [2.45, 2.75) is 4.90 Å². The third-order valence-corrected chi connectivity index (χ3v) is 4.69. The maximum absolute atomic E-state index is 6.16. The smallest absolute Gasteiger partial charge is 0.0728 e. The van der Waals surface area contributed by atoms with Crippen molar-refractivity contribution < 1.29 is 0 Å². The van der Waals surface area contributed by atoms with Gasteiger partial charge in [0.15, 0.2) is 0 Å². The number of rotatable bonds is 3. The van der Waals surface area contributed by atoms with Gasteiger partial charge in [0.25, 0.3) is 0 Å². The van der Waals surface area contributed by atoms with Crippen molar-refractivity contribution >= 4 is 74.9 Å². The number of H-pyrrole nitrogens is 1. The monoisotopic (exact) mass is 376 g/mol. The third kappa shape index (κ3) is 3.22. The molecular weight excluding hydrogens is 370 g/mol. The average Bonchev–Trinajstić information content (AvgIpc) is 2.80. The van der Waals surface area contributed by atoms with Crippen LogP contribution in [-0.4, -0.2) is 4.98 Å². The molecule has 1 heterocycles. The molecule has 3 aromatic rings. The highest BCUT2D eigenvalue weighted by atomic mass is 35.5. The van der Waals surface area contributed by atoms with Crippen LogP contribution in [0.15, 0.2) is 41.4 Å². The second kappa shape index (κ2) is 6.19. The zero-order chi connectivity index (χ0) is 15.0. The van der Waals surface area contributed by atoms with E-state index in [0.29, 0.717) is 20.1 Å². The summed E-state index contributed by atoms with van der Waals surface area (Å²) in [4.78, 5) is 4.02. The first-order valence-corrected chi connectivity index (χ1v) is 8.21. The fraction of sp³-hybridized carbons (Fsp3) is 0. The van der Waals surface area contributed by atoms with Gasteiger partial charge in [-0.1, -0.05) is 46.4 Å². The predicted octanol–water partition coefficient (Wildman–Crippen LogP) is 6.90. The van der Waals surface area contributed by atoms with Crippen LogP contribution in [0.2, 0.25) is 20.1 Å². The molecule has 1 aromatic heterocycles. The summed E-state index contributed by atoms with van der Waals surface area (Å²) in [6.07, 6.45) is 1.71. The summed E-state index contributed by atoms with van der Waals surface area (Å²) in [7, 11) is 0. The lowest BCUT2D eigenvalue weighted by Crippen LogP contribution is -1.88. The second-order valence-electron chi connectivity index (χ2n) is 4.29. The van der Waals surface area contributed by atoms with Crippen LogP contribution in [0.3, 0.4) is 0 Å². The van der Waals surface area contributed by atoms with E-state index in [-0.39, 0.29) is 0 Å². The molecule has 0 spiro atoms. The minimum absolute atomic E-state index is 0.592. The van der Waals surface area contributed by atoms with E-state index in [1.807, 2.05) is 18.2 Å². The molecule has 0 saturated carbocycles. The van der Waals surface area contributed by atoms with E-state index in [1.165, 1.54) is 11.9 Å². The topological polar surface area (TPSA) is 27.8 Å². The van der Waals surface area contributed by atoms with Gasteiger partial charge in [0.1, 0.15) is 0 Å². The number of benzene rings is 2. The number of nitrogens with one attached hydrogen (secondary N) is 2. The number of hydrogen-bond donors (Lipinski definition) is 2. The molecule has 2 nitrogen and oxygen atoms in total. The molecule has 0 saturated heterocycles. The van der Waals surface area contributed by atoms with Gasteiger partial charge in [-0.05, 0) is 42.3 Å². The van der Waals surface area contributed by atoms with Gasteiger partial charge in [0.05, 0.1) is 21.2 Å². The van der Waals surface area contributed by atoms with E-state index in [9.17, 15) is 0 Å². The second-order valence-corrected chi connectivity index (χ2v) is 6.86. The lowest BCUT2D eigenvalue weighted by Gasteiger charge is -2.08. The first-order chi connectivity index (χ1) is 10.0. The Balaban J connectivity index is 1.90. The van der Waals surface area contributed by atoms with Crippen molar-refractivity contribution in [3.63, 3.8) is 0 Å². The summed E-state index contributed by atoms with van der Waals surface area (Å²) in [5.41, 5.74) is 1.73. The number of hydrogen-bond acceptors (Lipinski definition) is 2. The van der Waals surface area contributed by atoms with Crippen LogP contribution in [0.25, 0.3) is 10.9 Å². The van der Waals surface area contributed by atoms with Crippen LogP contribution in [0.4, 0.5) is 5.69 Å². The Bertz CT molecular complexity index is 796. The Morgan fingerprint density at radius 1 is 0.905 bits per heavy atom. The summed E-state index contributed by atoms with van der Waals surface area (Å²) in [5.74, 6) is 0. The zero-order valence-electron chi connectivity index (χ0n) is 10.4. The number of halogens is 4. The van der Waals surface area contributed by atoms with E-state index >= 15 is 0 Å². The van der Waals surface area contributed by atoms with Gasteiger partial charge in [0.2, 0.25) is 0 Å². The third-order valence-electron chi connectivity index (χ3n) is 2.85. The molecule has 0 aliphatic heterocycles. The van der Waals surface area contributed by atoms with Crippen molar-refractivity contribution in [1.82, 2.24) is 4.98 Å². The molecule has 0 aliphatic rings. The highest BCUT2D eigenvalue weighted by molar-refractivity contribution is 8.00. The van der Waals surface area contributed by atoms with Gasteiger partial charge >= 0.3 is 0 Å². The van der Waals surface area contributed by atoms with Crippen molar-refractivity contribution in [2.75, 3.05) is 4.72 Å². The standard InChI is InChI=1S/C14H8Cl4N2S/c15-7-3-8(16)5-9(4-7)21-20-12-2-1-10(17)13-11(18)6-19-14(12)13/h1-6,19-20H. The highest BCUT2D eigenvalue weighted by Crippen LogP contribution is 2.36. The summed E-state index contributed by atoms with van der Waals surface area (Å²) in [5, 5.41) is 3.19. The molecule has 3 rings (SSSR count). The molecule has 0 amide bonds. The molecule has 0 aliphatic carbocycles. The summed E-state index contributed by atoms with van der Waals surface area (Å²) < 4.78 is 3.25.